The fourth-order valence-corrected chi connectivity index (χ4v) is 2.70. The third kappa shape index (κ3) is 4.79. The number of carbonyl (C=O) groups excluding carboxylic acids is 2. The Kier molecular flexibility index (Phi) is 5.61. The van der Waals surface area contributed by atoms with E-state index in [0.717, 1.165) is 22.4 Å². The minimum Gasteiger partial charge on any atom is -0.348 e. The van der Waals surface area contributed by atoms with Crippen molar-refractivity contribution in [3.8, 4) is 0 Å². The summed E-state index contributed by atoms with van der Waals surface area (Å²) < 4.78 is 0. The van der Waals surface area contributed by atoms with Crippen LogP contribution in [0.2, 0.25) is 0 Å². The highest BCUT2D eigenvalue weighted by Gasteiger charge is 2.12. The zero-order chi connectivity index (χ0) is 19.2. The summed E-state index contributed by atoms with van der Waals surface area (Å²) >= 11 is 0. The molecule has 3 rings (SSSR count). The average molecular weight is 359 g/mol. The SMILES string of the molecule is Cc1cccc(CNC(=O)c2cncc(C(=O)Nc3ccccc3C)c2)c1. The number of para-hydroxylation sites is 1. The molecule has 0 unspecified atom stereocenters. The van der Waals surface area contributed by atoms with Crippen molar-refractivity contribution in [2.75, 3.05) is 5.32 Å². The van der Waals surface area contributed by atoms with E-state index in [1.54, 1.807) is 6.07 Å². The highest BCUT2D eigenvalue weighted by atomic mass is 16.2. The summed E-state index contributed by atoms with van der Waals surface area (Å²) in [6.07, 6.45) is 2.90. The van der Waals surface area contributed by atoms with Gasteiger partial charge in [-0.2, -0.15) is 0 Å². The number of nitrogens with one attached hydrogen (secondary N) is 2. The molecule has 3 aromatic rings. The second kappa shape index (κ2) is 8.27. The van der Waals surface area contributed by atoms with Crippen molar-refractivity contribution < 1.29 is 9.59 Å². The minimum absolute atomic E-state index is 0.269. The molecule has 0 aliphatic carbocycles. The van der Waals surface area contributed by atoms with Crippen LogP contribution in [-0.2, 0) is 6.54 Å². The van der Waals surface area contributed by atoms with Crippen LogP contribution >= 0.6 is 0 Å². The van der Waals surface area contributed by atoms with Crippen molar-refractivity contribution >= 4 is 17.5 Å². The molecule has 5 nitrogen and oxygen atoms in total. The van der Waals surface area contributed by atoms with Crippen molar-refractivity contribution in [1.29, 1.82) is 0 Å². The molecule has 0 atom stereocenters. The molecule has 0 aliphatic rings. The van der Waals surface area contributed by atoms with Crippen LogP contribution in [0.4, 0.5) is 5.69 Å². The fourth-order valence-electron chi connectivity index (χ4n) is 2.70. The van der Waals surface area contributed by atoms with Gasteiger partial charge in [-0.15, -0.1) is 0 Å². The second-order valence-electron chi connectivity index (χ2n) is 6.40. The van der Waals surface area contributed by atoms with Gasteiger partial charge in [-0.3, -0.25) is 14.6 Å². The van der Waals surface area contributed by atoms with E-state index < -0.39 is 0 Å². The number of aromatic nitrogens is 1. The molecule has 0 bridgehead atoms. The molecular weight excluding hydrogens is 338 g/mol. The Morgan fingerprint density at radius 1 is 0.889 bits per heavy atom. The normalized spacial score (nSPS) is 10.3. The smallest absolute Gasteiger partial charge is 0.257 e. The maximum absolute atomic E-state index is 12.5. The molecule has 0 radical (unpaired) electrons. The third-order valence-corrected chi connectivity index (χ3v) is 4.19. The van der Waals surface area contributed by atoms with E-state index in [0.29, 0.717) is 17.7 Å². The molecule has 0 saturated heterocycles. The summed E-state index contributed by atoms with van der Waals surface area (Å²) in [5, 5.41) is 5.70. The summed E-state index contributed by atoms with van der Waals surface area (Å²) in [7, 11) is 0. The average Bonchev–Trinajstić information content (AvgIpc) is 2.68. The molecule has 5 heteroatoms. The summed E-state index contributed by atoms with van der Waals surface area (Å²) in [5.41, 5.74) is 4.53. The molecule has 0 saturated carbocycles. The predicted molar refractivity (Wildman–Crippen MR) is 106 cm³/mol. The molecule has 1 aromatic heterocycles. The van der Waals surface area contributed by atoms with Gasteiger partial charge in [0.05, 0.1) is 11.1 Å². The Labute approximate surface area is 158 Å². The summed E-state index contributed by atoms with van der Waals surface area (Å²) in [4.78, 5) is 28.9. The number of pyridine rings is 1. The van der Waals surface area contributed by atoms with Gasteiger partial charge >= 0.3 is 0 Å². The van der Waals surface area contributed by atoms with Crippen LogP contribution in [0, 0.1) is 13.8 Å². The van der Waals surface area contributed by atoms with Gasteiger partial charge in [0, 0.05) is 24.6 Å². The second-order valence-corrected chi connectivity index (χ2v) is 6.40. The van der Waals surface area contributed by atoms with Crippen molar-refractivity contribution in [3.63, 3.8) is 0 Å². The molecule has 27 heavy (non-hydrogen) atoms. The lowest BCUT2D eigenvalue weighted by molar-refractivity contribution is 0.0950. The first-order chi connectivity index (χ1) is 13.0. The van der Waals surface area contributed by atoms with Gasteiger partial charge in [-0.05, 0) is 37.1 Å². The van der Waals surface area contributed by atoms with Crippen LogP contribution in [0.5, 0.6) is 0 Å². The summed E-state index contributed by atoms with van der Waals surface area (Å²) in [6, 6.07) is 17.0. The van der Waals surface area contributed by atoms with E-state index in [-0.39, 0.29) is 11.8 Å². The quantitative estimate of drug-likeness (QED) is 0.726. The highest BCUT2D eigenvalue weighted by Crippen LogP contribution is 2.15. The zero-order valence-corrected chi connectivity index (χ0v) is 15.3. The van der Waals surface area contributed by atoms with Crippen LogP contribution < -0.4 is 10.6 Å². The maximum atomic E-state index is 12.5. The Balaban J connectivity index is 1.68. The number of benzene rings is 2. The monoisotopic (exact) mass is 359 g/mol. The Morgan fingerprint density at radius 2 is 1.63 bits per heavy atom. The molecule has 0 fully saturated rings. The highest BCUT2D eigenvalue weighted by molar-refractivity contribution is 6.06. The third-order valence-electron chi connectivity index (χ3n) is 4.19. The molecule has 136 valence electrons. The number of amides is 2. The molecule has 0 aliphatic heterocycles. The first-order valence-electron chi connectivity index (χ1n) is 8.69. The molecule has 2 amide bonds. The number of carbonyl (C=O) groups is 2. The van der Waals surface area contributed by atoms with Crippen LogP contribution in [-0.4, -0.2) is 16.8 Å². The maximum Gasteiger partial charge on any atom is 0.257 e. The lowest BCUT2D eigenvalue weighted by atomic mass is 10.1. The van der Waals surface area contributed by atoms with E-state index >= 15 is 0 Å². The minimum atomic E-state index is -0.301. The van der Waals surface area contributed by atoms with Crippen molar-refractivity contribution in [2.24, 2.45) is 0 Å². The van der Waals surface area contributed by atoms with Gasteiger partial charge in [-0.25, -0.2) is 0 Å². The van der Waals surface area contributed by atoms with E-state index in [1.165, 1.54) is 12.4 Å². The largest absolute Gasteiger partial charge is 0.348 e. The summed E-state index contributed by atoms with van der Waals surface area (Å²) in [6.45, 7) is 4.34. The number of nitrogens with zero attached hydrogens (tertiary/aromatic N) is 1. The van der Waals surface area contributed by atoms with Gasteiger partial charge in [0.15, 0.2) is 0 Å². The van der Waals surface area contributed by atoms with Crippen molar-refractivity contribution in [2.45, 2.75) is 20.4 Å². The van der Waals surface area contributed by atoms with Crippen molar-refractivity contribution in [1.82, 2.24) is 10.3 Å². The van der Waals surface area contributed by atoms with Gasteiger partial charge < -0.3 is 10.6 Å². The Morgan fingerprint density at radius 3 is 2.37 bits per heavy atom. The van der Waals surface area contributed by atoms with E-state index in [2.05, 4.69) is 15.6 Å². The topological polar surface area (TPSA) is 71.1 Å². The molecular formula is C22H21N3O2. The van der Waals surface area contributed by atoms with Crippen LogP contribution in [0.15, 0.2) is 67.0 Å². The van der Waals surface area contributed by atoms with E-state index in [4.69, 9.17) is 0 Å². The predicted octanol–water partition coefficient (Wildman–Crippen LogP) is 3.88. The number of aryl methyl sites for hydroxylation is 2. The summed E-state index contributed by atoms with van der Waals surface area (Å²) in [5.74, 6) is -0.570. The fraction of sp³-hybridized carbons (Fsp3) is 0.136. The van der Waals surface area contributed by atoms with Crippen LogP contribution in [0.3, 0.4) is 0 Å². The van der Waals surface area contributed by atoms with Crippen molar-refractivity contribution in [3.05, 3.63) is 94.8 Å². The standard InChI is InChI=1S/C22H21N3O2/c1-15-6-5-8-17(10-15)12-24-21(26)18-11-19(14-23-13-18)22(27)25-20-9-4-3-7-16(20)2/h3-11,13-14H,12H2,1-2H3,(H,24,26)(H,25,27). The zero-order valence-electron chi connectivity index (χ0n) is 15.3. The first-order valence-corrected chi connectivity index (χ1v) is 8.69. The number of hydrogen-bond acceptors (Lipinski definition) is 3. The van der Waals surface area contributed by atoms with E-state index in [9.17, 15) is 9.59 Å². The molecule has 2 N–H and O–H groups in total. The molecule has 0 spiro atoms. The van der Waals surface area contributed by atoms with Crippen LogP contribution in [0.1, 0.15) is 37.4 Å². The van der Waals surface area contributed by atoms with Gasteiger partial charge in [-0.1, -0.05) is 48.0 Å². The van der Waals surface area contributed by atoms with Gasteiger partial charge in [0.1, 0.15) is 0 Å². The Bertz CT molecular complexity index is 983. The lowest BCUT2D eigenvalue weighted by Gasteiger charge is -2.09. The molecule has 1 heterocycles. The number of hydrogen-bond donors (Lipinski definition) is 2. The van der Waals surface area contributed by atoms with Gasteiger partial charge in [0.25, 0.3) is 11.8 Å². The van der Waals surface area contributed by atoms with Crippen LogP contribution in [0.25, 0.3) is 0 Å². The number of anilines is 1. The molecule has 2 aromatic carbocycles. The lowest BCUT2D eigenvalue weighted by Crippen LogP contribution is -2.23. The Hall–Kier alpha value is -3.47. The van der Waals surface area contributed by atoms with Gasteiger partial charge in [0.2, 0.25) is 0 Å². The van der Waals surface area contributed by atoms with E-state index in [1.807, 2.05) is 62.4 Å². The first kappa shape index (κ1) is 18.3. The number of rotatable bonds is 5.